The lowest BCUT2D eigenvalue weighted by atomic mass is 9.83. The monoisotopic (exact) mass is 503 g/mol. The fraction of sp³-hybridized carbons (Fsp3) is 0.462. The number of ketones is 1. The predicted molar refractivity (Wildman–Crippen MR) is 133 cm³/mol. The zero-order valence-corrected chi connectivity index (χ0v) is 20.7. The number of aliphatic hydroxyl groups excluding tert-OH is 2. The Hall–Kier alpha value is -3.21. The van der Waals surface area contributed by atoms with E-state index in [-0.39, 0.29) is 18.7 Å². The maximum absolute atomic E-state index is 13.4. The molecule has 0 saturated heterocycles. The van der Waals surface area contributed by atoms with Crippen LogP contribution in [0.15, 0.2) is 53.2 Å². The van der Waals surface area contributed by atoms with Crippen molar-refractivity contribution in [1.29, 1.82) is 0 Å². The number of amides is 1. The van der Waals surface area contributed by atoms with Gasteiger partial charge < -0.3 is 15.5 Å². The predicted octanol–water partition coefficient (Wildman–Crippen LogP) is 2.11. The number of aryl methyl sites for hydroxylation is 1. The quantitative estimate of drug-likeness (QED) is 0.303. The highest BCUT2D eigenvalue weighted by molar-refractivity contribution is 5.88. The molecule has 196 valence electrons. The molecule has 1 aliphatic rings. The molecule has 0 radical (unpaired) electrons. The second-order valence-electron chi connectivity index (χ2n) is 9.26. The van der Waals surface area contributed by atoms with E-state index < -0.39 is 48.5 Å². The molecule has 0 aliphatic carbocycles. The molecule has 1 aliphatic heterocycles. The Bertz CT molecular complexity index is 1000. The molecule has 1 heterocycles. The summed E-state index contributed by atoms with van der Waals surface area (Å²) in [5.41, 5.74) is 1.78. The Morgan fingerprint density at radius 1 is 1.22 bits per heavy atom. The smallest absolute Gasteiger partial charge is 0.348 e. The number of aliphatic imine (C=N–C) groups is 1. The number of Topliss-reactive ketones (excluding diaryl/α,β-unsaturated/α-hetero) is 1. The first-order chi connectivity index (χ1) is 17.1. The minimum atomic E-state index is -1.44. The van der Waals surface area contributed by atoms with Crippen LogP contribution in [0.5, 0.6) is 0 Å². The third-order valence-electron chi connectivity index (χ3n) is 6.13. The highest BCUT2D eigenvalue weighted by atomic mass is 19.3. The van der Waals surface area contributed by atoms with Gasteiger partial charge in [-0.15, -0.1) is 0 Å². The van der Waals surface area contributed by atoms with E-state index in [9.17, 15) is 29.1 Å². The summed E-state index contributed by atoms with van der Waals surface area (Å²) in [6.07, 6.45) is 5.54. The van der Waals surface area contributed by atoms with Crippen LogP contribution in [0, 0.1) is 6.92 Å². The molecule has 1 amide bonds. The molecule has 3 atom stereocenters. The lowest BCUT2D eigenvalue weighted by molar-refractivity contribution is -0.183. The van der Waals surface area contributed by atoms with E-state index in [1.54, 1.807) is 32.3 Å². The minimum absolute atomic E-state index is 0.215. The highest BCUT2D eigenvalue weighted by Crippen LogP contribution is 2.25. The van der Waals surface area contributed by atoms with Crippen LogP contribution >= 0.6 is 0 Å². The van der Waals surface area contributed by atoms with Crippen LogP contribution < -0.4 is 10.6 Å². The molecule has 0 bridgehead atoms. The Balaban J connectivity index is 2.26. The number of allylic oxidation sites excluding steroid dienone is 2. The molecule has 0 spiro atoms. The Morgan fingerprint density at radius 3 is 2.56 bits per heavy atom. The third-order valence-corrected chi connectivity index (χ3v) is 6.13. The van der Waals surface area contributed by atoms with Gasteiger partial charge in [-0.2, -0.15) is 0 Å². The summed E-state index contributed by atoms with van der Waals surface area (Å²) in [6, 6.07) is 5.51. The molecule has 10 heteroatoms. The number of carbonyl (C=O) groups is 3. The van der Waals surface area contributed by atoms with Gasteiger partial charge in [0.15, 0.2) is 5.78 Å². The summed E-state index contributed by atoms with van der Waals surface area (Å²) >= 11 is 0. The van der Waals surface area contributed by atoms with Crippen LogP contribution in [0.1, 0.15) is 50.7 Å². The van der Waals surface area contributed by atoms with Crippen LogP contribution in [0.2, 0.25) is 0 Å². The van der Waals surface area contributed by atoms with E-state index in [4.69, 9.17) is 0 Å². The van der Waals surface area contributed by atoms with Crippen molar-refractivity contribution in [1.82, 2.24) is 10.6 Å². The zero-order chi connectivity index (χ0) is 26.7. The van der Waals surface area contributed by atoms with Gasteiger partial charge in [-0.25, -0.2) is 4.79 Å². The number of nitrogens with zero attached hydrogens (tertiary/aromatic N) is 1. The number of rotatable bonds is 13. The average molecular weight is 504 g/mol. The van der Waals surface area contributed by atoms with Crippen LogP contribution in [-0.4, -0.2) is 59.0 Å². The second-order valence-corrected chi connectivity index (χ2v) is 9.26. The normalized spacial score (nSPS) is 15.9. The molecule has 0 fully saturated rings. The van der Waals surface area contributed by atoms with E-state index in [0.29, 0.717) is 6.42 Å². The molecule has 2 rings (SSSR count). The summed E-state index contributed by atoms with van der Waals surface area (Å²) in [5, 5.41) is 25.9. The van der Waals surface area contributed by atoms with Crippen molar-refractivity contribution in [3.8, 4) is 0 Å². The van der Waals surface area contributed by atoms with Crippen molar-refractivity contribution in [3.05, 3.63) is 59.3 Å². The minimum Gasteiger partial charge on any atom is -0.389 e. The van der Waals surface area contributed by atoms with Gasteiger partial charge in [0.1, 0.15) is 12.8 Å². The summed E-state index contributed by atoms with van der Waals surface area (Å²) in [5.74, 6) is -2.22. The first-order valence-electron chi connectivity index (χ1n) is 11.7. The Kier molecular flexibility index (Phi) is 11.1. The molecule has 0 aromatic heterocycles. The summed E-state index contributed by atoms with van der Waals surface area (Å²) < 4.78 is 12.1. The fourth-order valence-electron chi connectivity index (χ4n) is 3.73. The number of carbonyl (C=O) groups excluding carboxylic acids is 3. The van der Waals surface area contributed by atoms with Gasteiger partial charge in [0.05, 0.1) is 23.9 Å². The first kappa shape index (κ1) is 29.0. The van der Waals surface area contributed by atoms with Crippen molar-refractivity contribution in [2.24, 2.45) is 4.99 Å². The van der Waals surface area contributed by atoms with Gasteiger partial charge in [0, 0.05) is 16.9 Å². The number of hydrogen-bond acceptors (Lipinski definition) is 8. The van der Waals surface area contributed by atoms with Crippen LogP contribution in [0.4, 0.5) is 4.53 Å². The SMILES string of the molecule is Cc1ccc(C(C)(C)C(=O)N[C@@H](CC2=CC=NC=CC2)C(O)N[C@H](CCC(=O)OF)C(=O)CO)cc1. The van der Waals surface area contributed by atoms with Crippen LogP contribution in [0.25, 0.3) is 0 Å². The van der Waals surface area contributed by atoms with E-state index in [1.165, 1.54) is 0 Å². The second kappa shape index (κ2) is 13.8. The van der Waals surface area contributed by atoms with Gasteiger partial charge in [0.2, 0.25) is 5.91 Å². The van der Waals surface area contributed by atoms with E-state index in [2.05, 4.69) is 20.6 Å². The largest absolute Gasteiger partial charge is 0.389 e. The number of benzene rings is 1. The molecule has 4 N–H and O–H groups in total. The molecular formula is C26H34FN3O6. The van der Waals surface area contributed by atoms with Crippen LogP contribution in [-0.2, 0) is 24.7 Å². The number of aliphatic hydroxyl groups is 2. The third kappa shape index (κ3) is 8.47. The fourth-order valence-corrected chi connectivity index (χ4v) is 3.73. The molecule has 1 unspecified atom stereocenters. The molecule has 0 saturated carbocycles. The standard InChI is InChI=1S/C26H34FN3O6/c1-17-6-8-19(9-7-17)26(2,3)25(35)30-21(15-18-5-4-13-28-14-12-18)24(34)29-20(22(32)16-31)10-11-23(33)36-27/h4,6-9,12-14,20-21,24,29,31,34H,5,10-11,15-16H2,1-3H3,(H,30,35)/t20-,21+,24?/m1/s1. The maximum Gasteiger partial charge on any atom is 0.348 e. The first-order valence-corrected chi connectivity index (χ1v) is 11.7. The van der Waals surface area contributed by atoms with Gasteiger partial charge in [-0.05, 0) is 51.7 Å². The highest BCUT2D eigenvalue weighted by Gasteiger charge is 2.34. The van der Waals surface area contributed by atoms with Gasteiger partial charge >= 0.3 is 5.97 Å². The lowest BCUT2D eigenvalue weighted by Crippen LogP contribution is -2.57. The van der Waals surface area contributed by atoms with Gasteiger partial charge in [-0.3, -0.25) is 24.8 Å². The average Bonchev–Trinajstić information content (AvgIpc) is 3.14. The summed E-state index contributed by atoms with van der Waals surface area (Å²) in [7, 11) is 0. The Morgan fingerprint density at radius 2 is 1.92 bits per heavy atom. The lowest BCUT2D eigenvalue weighted by Gasteiger charge is -2.32. The molecule has 36 heavy (non-hydrogen) atoms. The van der Waals surface area contributed by atoms with E-state index >= 15 is 0 Å². The summed E-state index contributed by atoms with van der Waals surface area (Å²) in [6.45, 7) is 4.64. The zero-order valence-electron chi connectivity index (χ0n) is 20.7. The maximum atomic E-state index is 13.4. The van der Waals surface area contributed by atoms with Crippen molar-refractivity contribution in [2.75, 3.05) is 6.61 Å². The van der Waals surface area contributed by atoms with Gasteiger partial charge in [-0.1, -0.05) is 41.5 Å². The molecule has 9 nitrogen and oxygen atoms in total. The van der Waals surface area contributed by atoms with Gasteiger partial charge in [0.25, 0.3) is 0 Å². The number of halogens is 1. The Labute approximate surface area is 210 Å². The molecule has 1 aromatic carbocycles. The number of nitrogens with one attached hydrogen (secondary N) is 2. The molecular weight excluding hydrogens is 469 g/mol. The van der Waals surface area contributed by atoms with Crippen molar-refractivity contribution < 1.29 is 34.1 Å². The number of hydrogen-bond donors (Lipinski definition) is 4. The van der Waals surface area contributed by atoms with Crippen molar-refractivity contribution >= 4 is 23.9 Å². The van der Waals surface area contributed by atoms with Crippen molar-refractivity contribution in [2.45, 2.75) is 70.2 Å². The topological polar surface area (TPSA) is 137 Å². The van der Waals surface area contributed by atoms with Crippen LogP contribution in [0.3, 0.4) is 0 Å². The summed E-state index contributed by atoms with van der Waals surface area (Å²) in [4.78, 5) is 44.0. The van der Waals surface area contributed by atoms with E-state index in [1.807, 2.05) is 37.3 Å². The van der Waals surface area contributed by atoms with E-state index in [0.717, 1.165) is 16.7 Å². The van der Waals surface area contributed by atoms with Crippen molar-refractivity contribution in [3.63, 3.8) is 0 Å². The molecule has 1 aromatic rings.